The second-order valence-electron chi connectivity index (χ2n) is 11.3. The normalized spacial score (nSPS) is 16.9. The first-order valence-electron chi connectivity index (χ1n) is 15.2. The first-order chi connectivity index (χ1) is 20.5. The van der Waals surface area contributed by atoms with E-state index in [9.17, 15) is 9.59 Å². The van der Waals surface area contributed by atoms with Crippen LogP contribution in [-0.2, 0) is 6.42 Å². The van der Waals surface area contributed by atoms with Crippen molar-refractivity contribution in [2.45, 2.75) is 58.0 Å². The molecule has 7 nitrogen and oxygen atoms in total. The summed E-state index contributed by atoms with van der Waals surface area (Å²) in [5.74, 6) is 0.947. The molecule has 0 spiro atoms. The number of hydrogen-bond acceptors (Lipinski definition) is 6. The molecule has 2 amide bonds. The Morgan fingerprint density at radius 1 is 0.810 bits per heavy atom. The van der Waals surface area contributed by atoms with E-state index in [0.717, 1.165) is 63.1 Å². The molecule has 1 saturated heterocycles. The van der Waals surface area contributed by atoms with Crippen LogP contribution >= 0.6 is 0 Å². The Hall–Kier alpha value is -3.84. The fourth-order valence-electron chi connectivity index (χ4n) is 6.41. The molecule has 0 N–H and O–H groups in total. The molecule has 2 aliphatic rings. The van der Waals surface area contributed by atoms with Gasteiger partial charge in [-0.3, -0.25) is 19.4 Å². The van der Waals surface area contributed by atoms with E-state index in [0.29, 0.717) is 35.1 Å². The van der Waals surface area contributed by atoms with E-state index in [-0.39, 0.29) is 17.9 Å². The zero-order chi connectivity index (χ0) is 29.6. The molecule has 3 aromatic rings. The van der Waals surface area contributed by atoms with E-state index in [2.05, 4.69) is 47.9 Å². The lowest BCUT2D eigenvalue weighted by molar-refractivity contribution is 0.0573. The van der Waals surface area contributed by atoms with Crippen molar-refractivity contribution in [2.75, 3.05) is 45.3 Å². The Kier molecular flexibility index (Phi) is 9.48. The monoisotopic (exact) mass is 569 g/mol. The summed E-state index contributed by atoms with van der Waals surface area (Å²) in [6.07, 6.45) is 4.42. The Morgan fingerprint density at radius 3 is 2.24 bits per heavy atom. The number of benzene rings is 3. The van der Waals surface area contributed by atoms with Gasteiger partial charge in [0.1, 0.15) is 0 Å². The maximum absolute atomic E-state index is 14.1. The lowest BCUT2D eigenvalue weighted by Gasteiger charge is -2.39. The molecule has 0 saturated carbocycles. The number of ether oxygens (including phenoxy) is 2. The van der Waals surface area contributed by atoms with E-state index in [1.165, 1.54) is 10.5 Å². The third-order valence-corrected chi connectivity index (χ3v) is 8.83. The van der Waals surface area contributed by atoms with Gasteiger partial charge in [0.2, 0.25) is 0 Å². The largest absolute Gasteiger partial charge is 0.493 e. The van der Waals surface area contributed by atoms with Crippen LogP contribution in [0.1, 0.15) is 77.4 Å². The highest BCUT2D eigenvalue weighted by atomic mass is 16.5. The summed E-state index contributed by atoms with van der Waals surface area (Å²) in [6, 6.07) is 22.2. The van der Waals surface area contributed by atoms with E-state index in [4.69, 9.17) is 9.47 Å². The van der Waals surface area contributed by atoms with Gasteiger partial charge in [-0.15, -0.1) is 0 Å². The van der Waals surface area contributed by atoms with Gasteiger partial charge in [-0.1, -0.05) is 68.7 Å². The second-order valence-corrected chi connectivity index (χ2v) is 11.3. The van der Waals surface area contributed by atoms with Crippen LogP contribution in [0.4, 0.5) is 5.69 Å². The van der Waals surface area contributed by atoms with Gasteiger partial charge in [0.05, 0.1) is 31.0 Å². The number of piperazine rings is 1. The molecule has 2 atom stereocenters. The molecule has 1 unspecified atom stereocenters. The number of carbonyl (C=O) groups excluding carboxylic acids is 2. The molecular formula is C35H43N3O4. The predicted molar refractivity (Wildman–Crippen MR) is 167 cm³/mol. The molecule has 2 aliphatic heterocycles. The van der Waals surface area contributed by atoms with Gasteiger partial charge in [0.25, 0.3) is 11.8 Å². The summed E-state index contributed by atoms with van der Waals surface area (Å²) >= 11 is 0. The molecule has 7 heteroatoms. The zero-order valence-corrected chi connectivity index (χ0v) is 25.3. The van der Waals surface area contributed by atoms with Crippen LogP contribution in [0.3, 0.4) is 0 Å². The van der Waals surface area contributed by atoms with Crippen LogP contribution in [0, 0.1) is 0 Å². The van der Waals surface area contributed by atoms with Crippen molar-refractivity contribution >= 4 is 17.5 Å². The highest BCUT2D eigenvalue weighted by molar-refractivity contribution is 6.24. The molecule has 5 rings (SSSR count). The molecule has 0 bridgehead atoms. The Labute approximate surface area is 250 Å². The van der Waals surface area contributed by atoms with Gasteiger partial charge in [0, 0.05) is 38.3 Å². The number of amides is 2. The van der Waals surface area contributed by atoms with Gasteiger partial charge in [-0.05, 0) is 55.2 Å². The maximum atomic E-state index is 14.1. The van der Waals surface area contributed by atoms with E-state index < -0.39 is 0 Å². The van der Waals surface area contributed by atoms with Gasteiger partial charge < -0.3 is 14.4 Å². The van der Waals surface area contributed by atoms with Crippen molar-refractivity contribution in [2.24, 2.45) is 0 Å². The van der Waals surface area contributed by atoms with Gasteiger partial charge in [-0.25, -0.2) is 0 Å². The molecular weight excluding hydrogens is 526 g/mol. The topological polar surface area (TPSA) is 62.3 Å². The van der Waals surface area contributed by atoms with Crippen LogP contribution in [0.2, 0.25) is 0 Å². The van der Waals surface area contributed by atoms with Crippen LogP contribution in [0.15, 0.2) is 66.7 Å². The van der Waals surface area contributed by atoms with Crippen molar-refractivity contribution in [1.82, 2.24) is 9.80 Å². The van der Waals surface area contributed by atoms with Crippen LogP contribution in [0.5, 0.6) is 11.5 Å². The fourth-order valence-corrected chi connectivity index (χ4v) is 6.41. The van der Waals surface area contributed by atoms with Crippen molar-refractivity contribution in [3.63, 3.8) is 0 Å². The van der Waals surface area contributed by atoms with Crippen molar-refractivity contribution < 1.29 is 19.1 Å². The minimum absolute atomic E-state index is 0.173. The van der Waals surface area contributed by atoms with E-state index in [1.807, 2.05) is 42.5 Å². The second kappa shape index (κ2) is 13.4. The number of imide groups is 1. The number of methoxy groups -OCH3 is 2. The maximum Gasteiger partial charge on any atom is 0.263 e. The number of rotatable bonds is 12. The lowest BCUT2D eigenvalue weighted by Crippen LogP contribution is -2.47. The quantitative estimate of drug-likeness (QED) is 0.187. The average molecular weight is 570 g/mol. The average Bonchev–Trinajstić information content (AvgIpc) is 3.29. The lowest BCUT2D eigenvalue weighted by atomic mass is 9.98. The Morgan fingerprint density at radius 2 is 1.55 bits per heavy atom. The predicted octanol–water partition coefficient (Wildman–Crippen LogP) is 6.37. The molecule has 0 aromatic heterocycles. The van der Waals surface area contributed by atoms with Crippen LogP contribution in [-0.4, -0.2) is 68.1 Å². The molecule has 0 aliphatic carbocycles. The summed E-state index contributed by atoms with van der Waals surface area (Å²) < 4.78 is 10.9. The summed E-state index contributed by atoms with van der Waals surface area (Å²) in [5.41, 5.74) is 4.27. The minimum atomic E-state index is -0.238. The van der Waals surface area contributed by atoms with E-state index in [1.54, 1.807) is 14.2 Å². The molecule has 3 aromatic carbocycles. The highest BCUT2D eigenvalue weighted by Crippen LogP contribution is 2.36. The van der Waals surface area contributed by atoms with Gasteiger partial charge in [0.15, 0.2) is 11.5 Å². The Bertz CT molecular complexity index is 1380. The third kappa shape index (κ3) is 6.02. The number of nitrogens with zero attached hydrogens (tertiary/aromatic N) is 3. The standard InChI is InChI=1S/C35H43N3O4/c1-5-6-8-14-28(23-26-17-18-31(41-3)32(24-26)42-4)38-34(39)29-15-11-16-30(33(29)35(38)40)37-21-19-36(20-22-37)25(2)27-12-9-7-10-13-27/h7,9-13,15-18,24-25,28H,5-6,8,14,19-23H2,1-4H3/t25-,28?/m1/s1. The highest BCUT2D eigenvalue weighted by Gasteiger charge is 2.42. The van der Waals surface area contributed by atoms with Crippen molar-refractivity contribution in [3.05, 3.63) is 89.0 Å². The number of hydrogen-bond donors (Lipinski definition) is 0. The van der Waals surface area contributed by atoms with Crippen LogP contribution in [0.25, 0.3) is 0 Å². The first kappa shape index (κ1) is 29.6. The smallest absolute Gasteiger partial charge is 0.263 e. The minimum Gasteiger partial charge on any atom is -0.493 e. The van der Waals surface area contributed by atoms with E-state index >= 15 is 0 Å². The zero-order valence-electron chi connectivity index (χ0n) is 25.3. The molecule has 222 valence electrons. The summed E-state index contributed by atoms with van der Waals surface area (Å²) in [4.78, 5) is 34.3. The SMILES string of the molecule is CCCCCC(Cc1ccc(OC)c(OC)c1)N1C(=O)c2cccc(N3CCN([C@H](C)c4ccccc4)CC3)c2C1=O. The molecule has 1 fully saturated rings. The summed E-state index contributed by atoms with van der Waals surface area (Å²) in [7, 11) is 3.24. The van der Waals surface area contributed by atoms with Gasteiger partial charge in [-0.2, -0.15) is 0 Å². The van der Waals surface area contributed by atoms with Crippen molar-refractivity contribution in [1.29, 1.82) is 0 Å². The van der Waals surface area contributed by atoms with Crippen molar-refractivity contribution in [3.8, 4) is 11.5 Å². The number of anilines is 1. The summed E-state index contributed by atoms with van der Waals surface area (Å²) in [5, 5.41) is 0. The fraction of sp³-hybridized carbons (Fsp3) is 0.429. The van der Waals surface area contributed by atoms with Gasteiger partial charge >= 0.3 is 0 Å². The number of unbranched alkanes of at least 4 members (excludes halogenated alkanes) is 2. The van der Waals surface area contributed by atoms with Crippen LogP contribution < -0.4 is 14.4 Å². The third-order valence-electron chi connectivity index (χ3n) is 8.83. The summed E-state index contributed by atoms with van der Waals surface area (Å²) in [6.45, 7) is 7.82. The molecule has 0 radical (unpaired) electrons. The molecule has 2 heterocycles. The number of carbonyl (C=O) groups is 2. The first-order valence-corrected chi connectivity index (χ1v) is 15.2. The Balaban J connectivity index is 1.36. The molecule has 42 heavy (non-hydrogen) atoms. The number of fused-ring (bicyclic) bond motifs is 1.